The van der Waals surface area contributed by atoms with Gasteiger partial charge in [-0.15, -0.1) is 5.10 Å². The summed E-state index contributed by atoms with van der Waals surface area (Å²) in [5.74, 6) is 0.282. The monoisotopic (exact) mass is 207 g/mol. The van der Waals surface area contributed by atoms with Crippen molar-refractivity contribution in [2.24, 2.45) is 0 Å². The summed E-state index contributed by atoms with van der Waals surface area (Å²) in [4.78, 5) is 0. The molecule has 0 amide bonds. The van der Waals surface area contributed by atoms with E-state index in [4.69, 9.17) is 5.73 Å². The number of aryl methyl sites for hydroxylation is 1. The standard InChI is InChI=1S/C9H10FN5/c1-2-9-12-13-14-15(9)8-5-6(10)3-4-7(8)11/h3-5H,2,11H2,1H3. The van der Waals surface area contributed by atoms with E-state index in [-0.39, 0.29) is 5.82 Å². The van der Waals surface area contributed by atoms with Gasteiger partial charge in [-0.3, -0.25) is 0 Å². The summed E-state index contributed by atoms with van der Waals surface area (Å²) in [5.41, 5.74) is 6.63. The van der Waals surface area contributed by atoms with Crippen LogP contribution < -0.4 is 5.73 Å². The highest BCUT2D eigenvalue weighted by atomic mass is 19.1. The van der Waals surface area contributed by atoms with Crippen LogP contribution in [0.2, 0.25) is 0 Å². The Bertz CT molecular complexity index is 479. The molecule has 1 heterocycles. The van der Waals surface area contributed by atoms with Crippen molar-refractivity contribution in [2.75, 3.05) is 5.73 Å². The second kappa shape index (κ2) is 3.64. The van der Waals surface area contributed by atoms with Crippen molar-refractivity contribution in [3.8, 4) is 5.69 Å². The van der Waals surface area contributed by atoms with Crippen LogP contribution in [-0.2, 0) is 6.42 Å². The Balaban J connectivity index is 2.58. The van der Waals surface area contributed by atoms with E-state index in [9.17, 15) is 4.39 Å². The molecule has 0 atom stereocenters. The fraction of sp³-hybridized carbons (Fsp3) is 0.222. The van der Waals surface area contributed by atoms with Gasteiger partial charge in [-0.2, -0.15) is 4.68 Å². The summed E-state index contributed by atoms with van der Waals surface area (Å²) in [6.07, 6.45) is 0.656. The highest BCUT2D eigenvalue weighted by molar-refractivity contribution is 5.57. The molecule has 2 aromatic rings. The Kier molecular flexibility index (Phi) is 2.32. The van der Waals surface area contributed by atoms with E-state index in [2.05, 4.69) is 15.5 Å². The SMILES string of the molecule is CCc1nnnn1-c1cc(F)ccc1N. The van der Waals surface area contributed by atoms with Gasteiger partial charge < -0.3 is 5.73 Å². The molecule has 2 N–H and O–H groups in total. The molecular formula is C9H10FN5. The van der Waals surface area contributed by atoms with Gasteiger partial charge in [0.25, 0.3) is 0 Å². The number of hydrogen-bond acceptors (Lipinski definition) is 4. The first-order chi connectivity index (χ1) is 7.22. The number of anilines is 1. The summed E-state index contributed by atoms with van der Waals surface area (Å²) < 4.78 is 14.5. The van der Waals surface area contributed by atoms with Crippen LogP contribution in [0.5, 0.6) is 0 Å². The lowest BCUT2D eigenvalue weighted by molar-refractivity contribution is 0.624. The van der Waals surface area contributed by atoms with E-state index < -0.39 is 0 Å². The molecule has 0 bridgehead atoms. The van der Waals surface area contributed by atoms with Gasteiger partial charge in [0.05, 0.1) is 11.4 Å². The first-order valence-corrected chi connectivity index (χ1v) is 4.55. The Labute approximate surface area is 85.7 Å². The number of nitrogens with zero attached hydrogens (tertiary/aromatic N) is 4. The summed E-state index contributed by atoms with van der Waals surface area (Å²) in [7, 11) is 0. The van der Waals surface area contributed by atoms with E-state index >= 15 is 0 Å². The molecule has 0 radical (unpaired) electrons. The van der Waals surface area contributed by atoms with Crippen molar-refractivity contribution in [1.29, 1.82) is 0 Å². The van der Waals surface area contributed by atoms with Crippen LogP contribution in [0.3, 0.4) is 0 Å². The van der Waals surface area contributed by atoms with Gasteiger partial charge >= 0.3 is 0 Å². The molecule has 5 nitrogen and oxygen atoms in total. The number of nitrogens with two attached hydrogens (primary N) is 1. The molecule has 0 saturated carbocycles. The lowest BCUT2D eigenvalue weighted by atomic mass is 10.2. The molecule has 1 aromatic carbocycles. The van der Waals surface area contributed by atoms with Crippen LogP contribution in [0.1, 0.15) is 12.7 Å². The summed E-state index contributed by atoms with van der Waals surface area (Å²) >= 11 is 0. The van der Waals surface area contributed by atoms with Gasteiger partial charge in [-0.25, -0.2) is 4.39 Å². The normalized spacial score (nSPS) is 10.5. The fourth-order valence-electron chi connectivity index (χ4n) is 1.31. The van der Waals surface area contributed by atoms with Gasteiger partial charge in [-0.1, -0.05) is 6.92 Å². The number of tetrazole rings is 1. The maximum atomic E-state index is 13.0. The van der Waals surface area contributed by atoms with Gasteiger partial charge in [0, 0.05) is 12.5 Å². The van der Waals surface area contributed by atoms with Gasteiger partial charge in [0.15, 0.2) is 5.82 Å². The molecule has 0 aliphatic rings. The lowest BCUT2D eigenvalue weighted by Crippen LogP contribution is -2.06. The summed E-state index contributed by atoms with van der Waals surface area (Å²) in [5, 5.41) is 11.1. The molecule has 0 saturated heterocycles. The minimum atomic E-state index is -0.364. The number of aromatic nitrogens is 4. The number of halogens is 1. The Morgan fingerprint density at radius 1 is 1.47 bits per heavy atom. The second-order valence-electron chi connectivity index (χ2n) is 3.06. The van der Waals surface area contributed by atoms with E-state index in [1.807, 2.05) is 6.92 Å². The maximum Gasteiger partial charge on any atom is 0.156 e. The molecule has 78 valence electrons. The van der Waals surface area contributed by atoms with Crippen molar-refractivity contribution < 1.29 is 4.39 Å². The third-order valence-corrected chi connectivity index (χ3v) is 2.07. The lowest BCUT2D eigenvalue weighted by Gasteiger charge is -2.06. The molecule has 0 spiro atoms. The molecule has 0 aliphatic carbocycles. The van der Waals surface area contributed by atoms with Crippen molar-refractivity contribution >= 4 is 5.69 Å². The molecule has 6 heteroatoms. The van der Waals surface area contributed by atoms with Crippen LogP contribution >= 0.6 is 0 Å². The minimum Gasteiger partial charge on any atom is -0.397 e. The van der Waals surface area contributed by atoms with E-state index in [1.165, 1.54) is 22.9 Å². The third-order valence-electron chi connectivity index (χ3n) is 2.07. The average Bonchev–Trinajstić information content (AvgIpc) is 2.69. The van der Waals surface area contributed by atoms with Gasteiger partial charge in [0.1, 0.15) is 5.82 Å². The third kappa shape index (κ3) is 1.65. The first-order valence-electron chi connectivity index (χ1n) is 4.55. The fourth-order valence-corrected chi connectivity index (χ4v) is 1.31. The van der Waals surface area contributed by atoms with Gasteiger partial charge in [0.2, 0.25) is 0 Å². The van der Waals surface area contributed by atoms with Crippen LogP contribution in [0.15, 0.2) is 18.2 Å². The molecule has 0 aliphatic heterocycles. The van der Waals surface area contributed by atoms with Crippen LogP contribution in [0.4, 0.5) is 10.1 Å². The molecule has 0 unspecified atom stereocenters. The molecule has 0 fully saturated rings. The Morgan fingerprint density at radius 2 is 2.27 bits per heavy atom. The smallest absolute Gasteiger partial charge is 0.156 e. The maximum absolute atomic E-state index is 13.0. The largest absolute Gasteiger partial charge is 0.397 e. The predicted molar refractivity (Wildman–Crippen MR) is 52.9 cm³/mol. The molecule has 2 rings (SSSR count). The van der Waals surface area contributed by atoms with Crippen molar-refractivity contribution in [3.63, 3.8) is 0 Å². The van der Waals surface area contributed by atoms with Gasteiger partial charge in [-0.05, 0) is 22.6 Å². The minimum absolute atomic E-state index is 0.364. The molecule has 1 aromatic heterocycles. The summed E-state index contributed by atoms with van der Waals surface area (Å²) in [6, 6.07) is 4.10. The Morgan fingerprint density at radius 3 is 3.00 bits per heavy atom. The number of rotatable bonds is 2. The van der Waals surface area contributed by atoms with E-state index in [1.54, 1.807) is 0 Å². The average molecular weight is 207 g/mol. The summed E-state index contributed by atoms with van der Waals surface area (Å²) in [6.45, 7) is 1.91. The Hall–Kier alpha value is -1.98. The van der Waals surface area contributed by atoms with Crippen molar-refractivity contribution in [3.05, 3.63) is 29.8 Å². The highest BCUT2D eigenvalue weighted by Crippen LogP contribution is 2.18. The van der Waals surface area contributed by atoms with Crippen molar-refractivity contribution in [1.82, 2.24) is 20.2 Å². The van der Waals surface area contributed by atoms with E-state index in [0.717, 1.165) is 0 Å². The zero-order valence-corrected chi connectivity index (χ0v) is 8.18. The number of hydrogen-bond donors (Lipinski definition) is 1. The van der Waals surface area contributed by atoms with E-state index in [0.29, 0.717) is 23.6 Å². The number of benzene rings is 1. The predicted octanol–water partition coefficient (Wildman–Crippen LogP) is 0.946. The van der Waals surface area contributed by atoms with Crippen LogP contribution in [0.25, 0.3) is 5.69 Å². The topological polar surface area (TPSA) is 69.6 Å². The molecule has 15 heavy (non-hydrogen) atoms. The van der Waals surface area contributed by atoms with Crippen molar-refractivity contribution in [2.45, 2.75) is 13.3 Å². The van der Waals surface area contributed by atoms with Crippen LogP contribution in [-0.4, -0.2) is 20.2 Å². The quantitative estimate of drug-likeness (QED) is 0.744. The number of nitrogen functional groups attached to an aromatic ring is 1. The second-order valence-corrected chi connectivity index (χ2v) is 3.06. The zero-order chi connectivity index (χ0) is 10.8. The molecular weight excluding hydrogens is 197 g/mol. The van der Waals surface area contributed by atoms with Crippen LogP contribution in [0, 0.1) is 5.82 Å². The highest BCUT2D eigenvalue weighted by Gasteiger charge is 2.09. The first kappa shape index (κ1) is 9.57. The zero-order valence-electron chi connectivity index (χ0n) is 8.18.